The molecule has 0 saturated carbocycles. The number of para-hydroxylation sites is 2. The van der Waals surface area contributed by atoms with E-state index in [1.807, 2.05) is 12.1 Å². The van der Waals surface area contributed by atoms with Crippen LogP contribution < -0.4 is 0 Å². The molecule has 0 spiro atoms. The number of hydrogen-bond acceptors (Lipinski definition) is 4. The molecule has 0 aliphatic rings. The van der Waals surface area contributed by atoms with Crippen LogP contribution in [0, 0.1) is 0 Å². The number of aromatic hydroxyl groups is 2. The van der Waals surface area contributed by atoms with Gasteiger partial charge in [-0.15, -0.1) is 0 Å². The van der Waals surface area contributed by atoms with Gasteiger partial charge in [0.2, 0.25) is 0 Å². The second-order valence-electron chi connectivity index (χ2n) is 6.42. The van der Waals surface area contributed by atoms with Crippen LogP contribution >= 0.6 is 0 Å². The summed E-state index contributed by atoms with van der Waals surface area (Å²) in [7, 11) is 0. The largest absolute Gasteiger partial charge is 0.507 e. The highest BCUT2D eigenvalue weighted by Crippen LogP contribution is 2.20. The minimum absolute atomic E-state index is 0. The van der Waals surface area contributed by atoms with E-state index >= 15 is 0 Å². The highest BCUT2D eigenvalue weighted by Gasteiger charge is 2.12. The molecule has 0 unspecified atom stereocenters. The highest BCUT2D eigenvalue weighted by atomic mass is 16.3. The maximum absolute atomic E-state index is 11.9. The molecular weight excluding hydrogens is 400 g/mol. The molecule has 4 nitrogen and oxygen atoms in total. The first-order chi connectivity index (χ1) is 14.6. The number of benzene rings is 4. The summed E-state index contributed by atoms with van der Waals surface area (Å²) in [5, 5.41) is 19.0. The van der Waals surface area contributed by atoms with Gasteiger partial charge in [0.1, 0.15) is 11.5 Å². The highest BCUT2D eigenvalue weighted by molar-refractivity contribution is 6.11. The standard InChI is InChI=1S/2C13H10O2.2CH4/c2*14-12-9-5-4-8-11(12)13(15)10-6-2-1-3-7-10;;/h2*1-9,14H;2*1H4. The summed E-state index contributed by atoms with van der Waals surface area (Å²) in [6.07, 6.45) is 0. The van der Waals surface area contributed by atoms with E-state index in [-0.39, 0.29) is 37.9 Å². The summed E-state index contributed by atoms with van der Waals surface area (Å²) in [5.41, 5.74) is 1.84. The summed E-state index contributed by atoms with van der Waals surface area (Å²) in [4.78, 5) is 23.8. The molecule has 4 aromatic rings. The quantitative estimate of drug-likeness (QED) is 0.363. The molecule has 0 aromatic heterocycles. The molecular formula is C28H28O4. The van der Waals surface area contributed by atoms with Gasteiger partial charge in [-0.25, -0.2) is 0 Å². The van der Waals surface area contributed by atoms with Gasteiger partial charge in [-0.3, -0.25) is 9.59 Å². The average Bonchev–Trinajstić information content (AvgIpc) is 2.80. The van der Waals surface area contributed by atoms with Crippen molar-refractivity contribution in [3.63, 3.8) is 0 Å². The van der Waals surface area contributed by atoms with Crippen LogP contribution in [0.15, 0.2) is 109 Å². The lowest BCUT2D eigenvalue weighted by atomic mass is 10.0. The maximum Gasteiger partial charge on any atom is 0.196 e. The number of carbonyl (C=O) groups excluding carboxylic acids is 2. The second kappa shape index (κ2) is 12.5. The van der Waals surface area contributed by atoms with Gasteiger partial charge in [-0.2, -0.15) is 0 Å². The van der Waals surface area contributed by atoms with E-state index in [9.17, 15) is 19.8 Å². The first-order valence-corrected chi connectivity index (χ1v) is 9.33. The molecule has 4 aromatic carbocycles. The molecule has 0 amide bonds. The summed E-state index contributed by atoms with van der Waals surface area (Å²) >= 11 is 0. The Bertz CT molecular complexity index is 1040. The molecule has 0 heterocycles. The molecule has 2 N–H and O–H groups in total. The minimum atomic E-state index is -0.159. The average molecular weight is 429 g/mol. The van der Waals surface area contributed by atoms with Gasteiger partial charge in [0, 0.05) is 11.1 Å². The molecule has 0 radical (unpaired) electrons. The Morgan fingerprint density at radius 3 is 1.03 bits per heavy atom. The zero-order chi connectivity index (χ0) is 21.3. The number of carbonyl (C=O) groups is 2. The number of hydrogen-bond donors (Lipinski definition) is 2. The Balaban J connectivity index is 0.000000301. The summed E-state index contributed by atoms with van der Waals surface area (Å²) in [6, 6.07) is 30.9. The topological polar surface area (TPSA) is 74.6 Å². The van der Waals surface area contributed by atoms with Gasteiger partial charge in [0.25, 0.3) is 0 Å². The van der Waals surface area contributed by atoms with Crippen LogP contribution in [0.4, 0.5) is 0 Å². The van der Waals surface area contributed by atoms with Crippen molar-refractivity contribution < 1.29 is 19.8 Å². The zero-order valence-corrected chi connectivity index (χ0v) is 16.1. The summed E-state index contributed by atoms with van der Waals surface area (Å²) in [6.45, 7) is 0. The predicted octanol–water partition coefficient (Wildman–Crippen LogP) is 6.52. The third-order valence-electron chi connectivity index (χ3n) is 4.37. The minimum Gasteiger partial charge on any atom is -0.507 e. The normalized spacial score (nSPS) is 9.25. The Hall–Kier alpha value is -4.18. The van der Waals surface area contributed by atoms with Gasteiger partial charge in [0.15, 0.2) is 11.6 Å². The van der Waals surface area contributed by atoms with Crippen LogP contribution in [-0.4, -0.2) is 21.8 Å². The molecule has 0 atom stereocenters. The zero-order valence-electron chi connectivity index (χ0n) is 16.1. The van der Waals surface area contributed by atoms with Crippen molar-refractivity contribution in [1.29, 1.82) is 0 Å². The predicted molar refractivity (Wildman–Crippen MR) is 129 cm³/mol. The van der Waals surface area contributed by atoms with E-state index < -0.39 is 0 Å². The van der Waals surface area contributed by atoms with E-state index in [0.717, 1.165) is 0 Å². The molecule has 0 fully saturated rings. The van der Waals surface area contributed by atoms with Gasteiger partial charge >= 0.3 is 0 Å². The van der Waals surface area contributed by atoms with Crippen molar-refractivity contribution in [2.45, 2.75) is 14.9 Å². The first-order valence-electron chi connectivity index (χ1n) is 9.33. The fraction of sp³-hybridized carbons (Fsp3) is 0.0714. The number of phenolic OH excluding ortho intramolecular Hbond substituents is 2. The summed E-state index contributed by atoms with van der Waals surface area (Å²) < 4.78 is 0. The SMILES string of the molecule is C.C.O=C(c1ccccc1)c1ccccc1O.O=C(c1ccccc1)c1ccccc1O. The maximum atomic E-state index is 11.9. The van der Waals surface area contributed by atoms with Gasteiger partial charge < -0.3 is 10.2 Å². The molecule has 32 heavy (non-hydrogen) atoms. The van der Waals surface area contributed by atoms with Crippen LogP contribution in [-0.2, 0) is 0 Å². The van der Waals surface area contributed by atoms with E-state index in [1.54, 1.807) is 84.9 Å². The molecule has 164 valence electrons. The van der Waals surface area contributed by atoms with Crippen molar-refractivity contribution >= 4 is 11.6 Å². The van der Waals surface area contributed by atoms with Crippen LogP contribution in [0.3, 0.4) is 0 Å². The van der Waals surface area contributed by atoms with Gasteiger partial charge in [-0.1, -0.05) is 99.8 Å². The van der Waals surface area contributed by atoms with Crippen molar-refractivity contribution in [2.75, 3.05) is 0 Å². The van der Waals surface area contributed by atoms with Crippen molar-refractivity contribution in [3.05, 3.63) is 131 Å². The monoisotopic (exact) mass is 428 g/mol. The summed E-state index contributed by atoms with van der Waals surface area (Å²) in [5.74, 6) is -0.278. The van der Waals surface area contributed by atoms with Crippen LogP contribution in [0.1, 0.15) is 46.7 Å². The fourth-order valence-corrected chi connectivity index (χ4v) is 2.82. The van der Waals surface area contributed by atoms with Crippen LogP contribution in [0.5, 0.6) is 11.5 Å². The number of ketones is 2. The number of rotatable bonds is 4. The van der Waals surface area contributed by atoms with Crippen molar-refractivity contribution in [3.8, 4) is 11.5 Å². The fourth-order valence-electron chi connectivity index (χ4n) is 2.82. The van der Waals surface area contributed by atoms with E-state index in [4.69, 9.17) is 0 Å². The Kier molecular flexibility index (Phi) is 10.1. The lowest BCUT2D eigenvalue weighted by Gasteiger charge is -2.02. The molecule has 0 bridgehead atoms. The Morgan fingerprint density at radius 2 is 0.719 bits per heavy atom. The smallest absolute Gasteiger partial charge is 0.196 e. The Labute approximate surface area is 189 Å². The third-order valence-corrected chi connectivity index (χ3v) is 4.37. The first kappa shape index (κ1) is 25.9. The molecule has 4 rings (SSSR count). The second-order valence-corrected chi connectivity index (χ2v) is 6.42. The van der Waals surface area contributed by atoms with Gasteiger partial charge in [0.05, 0.1) is 11.1 Å². The number of phenols is 2. The van der Waals surface area contributed by atoms with Crippen molar-refractivity contribution in [2.24, 2.45) is 0 Å². The molecule has 0 aliphatic carbocycles. The van der Waals surface area contributed by atoms with Gasteiger partial charge in [-0.05, 0) is 24.3 Å². The lowest BCUT2D eigenvalue weighted by molar-refractivity contribution is 0.102. The molecule has 4 heteroatoms. The third kappa shape index (κ3) is 6.41. The lowest BCUT2D eigenvalue weighted by Crippen LogP contribution is -2.00. The molecule has 0 aliphatic heterocycles. The van der Waals surface area contributed by atoms with Crippen molar-refractivity contribution in [1.82, 2.24) is 0 Å². The van der Waals surface area contributed by atoms with E-state index in [2.05, 4.69) is 0 Å². The van der Waals surface area contributed by atoms with Crippen LogP contribution in [0.25, 0.3) is 0 Å². The van der Waals surface area contributed by atoms with E-state index in [0.29, 0.717) is 22.3 Å². The van der Waals surface area contributed by atoms with E-state index in [1.165, 1.54) is 12.1 Å². The molecule has 0 saturated heterocycles. The Morgan fingerprint density at radius 1 is 0.438 bits per heavy atom. The van der Waals surface area contributed by atoms with Crippen LogP contribution in [0.2, 0.25) is 0 Å².